The molecule has 676 valence electrons. The highest BCUT2D eigenvalue weighted by Crippen LogP contribution is 2.35. The highest BCUT2D eigenvalue weighted by Gasteiger charge is 2.50. The number of ether oxygens (including phenoxy) is 5. The maximum Gasteiger partial charge on any atom is 0.410 e. The predicted molar refractivity (Wildman–Crippen MR) is 471 cm³/mol. The van der Waals surface area contributed by atoms with Gasteiger partial charge in [0.2, 0.25) is 47.3 Å². The van der Waals surface area contributed by atoms with Crippen LogP contribution in [-0.2, 0) is 96.3 Å². The molecule has 8 heterocycles. The minimum absolute atomic E-state index is 0.00358. The van der Waals surface area contributed by atoms with E-state index in [4.69, 9.17) is 23.7 Å². The summed E-state index contributed by atoms with van der Waals surface area (Å²) in [6.07, 6.45) is 1.28. The standard InChI is InChI=1S/C94H119N17O16/c1-55(106(18)88(121)126-93(12,13)14)79(112)100-77(90(3,4)5)85(118)108-51-68-46-75(108)83(116)97-72(44-59-28-34-61-24-20-22-26-63(61)40-59)81(114)96-65(48-95)42-57-30-36-70(37-31-57)123-53-66-49-111(104-102-66)69-47-76(109(52-69)86(119)78(91(6,7)8)101-80(113)56(2)107(19)89(122)127-94(15,16)17)84(117)98-73(45-60-29-35-62-25-21-23-27-64(62)41-60)82(115)99-74(87(120)125-92(9,10)11)43-58-32-38-71(39-33-58)124-54-67-50-110(68)105-103-67/h20-41,49-50,55-56,65,68-69,72-78H,42-47,51-54H2,1-19H3,(H,96,114)(H,97,116)(H,98,117)(H,99,115)(H,100,112)(H,101,113). The van der Waals surface area contributed by atoms with Crippen molar-refractivity contribution in [2.75, 3.05) is 27.2 Å². The van der Waals surface area contributed by atoms with Crippen LogP contribution in [0.2, 0.25) is 0 Å². The molecule has 0 spiro atoms. The van der Waals surface area contributed by atoms with Gasteiger partial charge in [0.1, 0.15) is 113 Å². The minimum Gasteiger partial charge on any atom is -0.487 e. The lowest BCUT2D eigenvalue weighted by Crippen LogP contribution is -2.61. The first kappa shape index (κ1) is 94.7. The molecule has 33 heteroatoms. The molecule has 2 fully saturated rings. The number of likely N-dealkylation sites (tertiary alicyclic amines) is 2. The van der Waals surface area contributed by atoms with Gasteiger partial charge in [-0.25, -0.2) is 23.7 Å². The molecule has 33 nitrogen and oxygen atoms in total. The Morgan fingerprint density at radius 3 is 1.25 bits per heavy atom. The monoisotopic (exact) mass is 1740 g/mol. The lowest BCUT2D eigenvalue weighted by atomic mass is 9.85. The van der Waals surface area contributed by atoms with Crippen molar-refractivity contribution in [2.24, 2.45) is 10.8 Å². The molecule has 127 heavy (non-hydrogen) atoms. The molecule has 0 saturated carbocycles. The molecule has 6 aliphatic heterocycles. The molecule has 0 radical (unpaired) electrons. The topological polar surface area (TPSA) is 404 Å². The van der Waals surface area contributed by atoms with Crippen molar-refractivity contribution in [2.45, 2.75) is 259 Å². The molecular weight excluding hydrogens is 1620 g/mol. The molecule has 0 aliphatic carbocycles. The zero-order valence-corrected chi connectivity index (χ0v) is 75.8. The van der Waals surface area contributed by atoms with Gasteiger partial charge >= 0.3 is 18.2 Å². The number of nitrogens with zero attached hydrogens (tertiary/aromatic N) is 11. The summed E-state index contributed by atoms with van der Waals surface area (Å²) in [6.45, 7) is 28.2. The first-order chi connectivity index (χ1) is 59.6. The van der Waals surface area contributed by atoms with Crippen molar-refractivity contribution in [3.63, 3.8) is 0 Å². The number of nitriles is 1. The summed E-state index contributed by atoms with van der Waals surface area (Å²) in [4.78, 5) is 168. The first-order valence-corrected chi connectivity index (χ1v) is 42.8. The summed E-state index contributed by atoms with van der Waals surface area (Å²) in [5.74, 6) is -5.67. The van der Waals surface area contributed by atoms with E-state index in [2.05, 4.69) is 58.6 Å². The molecule has 6 aromatic carbocycles. The minimum atomic E-state index is -1.42. The smallest absolute Gasteiger partial charge is 0.410 e. The van der Waals surface area contributed by atoms with Crippen molar-refractivity contribution in [1.29, 1.82) is 5.26 Å². The Hall–Kier alpha value is -13.0. The van der Waals surface area contributed by atoms with Gasteiger partial charge in [-0.1, -0.05) is 161 Å². The van der Waals surface area contributed by atoms with Gasteiger partial charge in [0.15, 0.2) is 0 Å². The number of carbonyl (C=O) groups is 11. The summed E-state index contributed by atoms with van der Waals surface area (Å²) in [6, 6.07) is 28.0. The lowest BCUT2D eigenvalue weighted by Gasteiger charge is -2.37. The summed E-state index contributed by atoms with van der Waals surface area (Å²) < 4.78 is 32.7. The van der Waals surface area contributed by atoms with Gasteiger partial charge in [-0.2, -0.15) is 5.26 Å². The number of esters is 1. The van der Waals surface area contributed by atoms with Gasteiger partial charge in [0, 0.05) is 65.7 Å². The van der Waals surface area contributed by atoms with E-state index in [1.807, 2.05) is 84.9 Å². The third kappa shape index (κ3) is 25.0. The van der Waals surface area contributed by atoms with Gasteiger partial charge in [0.05, 0.1) is 30.5 Å². The van der Waals surface area contributed by atoms with Crippen LogP contribution in [0.4, 0.5) is 9.59 Å². The number of nitrogens with one attached hydrogen (secondary N) is 6. The number of rotatable bonds is 13. The Kier molecular flexibility index (Phi) is 29.3. The van der Waals surface area contributed by atoms with Crippen LogP contribution in [0.3, 0.4) is 0 Å². The van der Waals surface area contributed by atoms with Crippen LogP contribution in [0.25, 0.3) is 21.5 Å². The number of carbonyl (C=O) groups excluding carboxylic acids is 11. The van der Waals surface area contributed by atoms with E-state index in [1.165, 1.54) is 47.1 Å². The van der Waals surface area contributed by atoms with E-state index >= 15 is 28.8 Å². The number of fused-ring (bicyclic) bond motifs is 2. The Morgan fingerprint density at radius 1 is 0.496 bits per heavy atom. The van der Waals surface area contributed by atoms with Crippen LogP contribution in [0.15, 0.2) is 146 Å². The van der Waals surface area contributed by atoms with Crippen LogP contribution < -0.4 is 41.4 Å². The molecule has 10 amide bonds. The van der Waals surface area contributed by atoms with Gasteiger partial charge in [-0.15, -0.1) is 10.2 Å². The number of aromatic nitrogens is 6. The molecule has 8 aromatic rings. The van der Waals surface area contributed by atoms with E-state index in [-0.39, 0.29) is 64.8 Å². The normalized spacial score (nSPS) is 20.6. The molecule has 2 saturated heterocycles. The summed E-state index contributed by atoms with van der Waals surface area (Å²) >= 11 is 0. The van der Waals surface area contributed by atoms with Crippen molar-refractivity contribution in [3.8, 4) is 17.6 Å². The van der Waals surface area contributed by atoms with E-state index in [0.717, 1.165) is 31.3 Å². The average Bonchev–Trinajstić information content (AvgIpc) is 1.65. The molecule has 12 bridgehead atoms. The van der Waals surface area contributed by atoms with Crippen LogP contribution in [0.1, 0.15) is 176 Å². The second-order valence-corrected chi connectivity index (χ2v) is 38.3. The van der Waals surface area contributed by atoms with Gasteiger partial charge in [-0.3, -0.25) is 48.2 Å². The molecule has 14 rings (SSSR count). The lowest BCUT2D eigenvalue weighted by molar-refractivity contribution is -0.158. The van der Waals surface area contributed by atoms with Crippen molar-refractivity contribution < 1.29 is 76.4 Å². The third-order valence-corrected chi connectivity index (χ3v) is 22.4. The molecule has 2 aromatic heterocycles. The quantitative estimate of drug-likeness (QED) is 0.0462. The van der Waals surface area contributed by atoms with E-state index in [0.29, 0.717) is 45.1 Å². The zero-order chi connectivity index (χ0) is 92.5. The maximum absolute atomic E-state index is 15.7. The van der Waals surface area contributed by atoms with Crippen LogP contribution >= 0.6 is 0 Å². The van der Waals surface area contributed by atoms with Crippen molar-refractivity contribution >= 4 is 87.0 Å². The SMILES string of the molecule is CC(C(=O)NC(C(=O)N1CC2CC1C(=O)NC(Cc1ccc3ccccc3c1)C(=O)NC(C#N)Cc1ccc(cc1)OCc1cn(nn1)C1CC(C(=O)NC(Cc3ccc4ccccc4c3)C(=O)NC(C(=O)OC(C)(C)C)Cc3ccc(cc3)OCc3cn2nn3)N(C(=O)C(NC(=O)C(C)N(C)C(=O)OC(C)(C)C)C(C)(C)C)C1)C(C)(C)C)N(C)C(=O)OC(C)(C)C. The number of amides is 10. The van der Waals surface area contributed by atoms with Crippen LogP contribution in [0.5, 0.6) is 11.5 Å². The highest BCUT2D eigenvalue weighted by atomic mass is 16.6. The third-order valence-electron chi connectivity index (χ3n) is 22.4. The van der Waals surface area contributed by atoms with Gasteiger partial charge < -0.3 is 65.4 Å². The van der Waals surface area contributed by atoms with Crippen molar-refractivity contribution in [3.05, 3.63) is 179 Å². The molecule has 12 unspecified atom stereocenters. The number of hydrogen-bond acceptors (Lipinski definition) is 21. The number of hydrogen-bond donors (Lipinski definition) is 6. The van der Waals surface area contributed by atoms with Crippen LogP contribution in [-0.4, -0.2) is 219 Å². The molecule has 6 N–H and O–H groups in total. The largest absolute Gasteiger partial charge is 0.487 e. The van der Waals surface area contributed by atoms with E-state index in [9.17, 15) is 29.2 Å². The average molecular weight is 1740 g/mol. The molecular formula is C94H119N17O16. The summed E-state index contributed by atoms with van der Waals surface area (Å²) in [5.41, 5.74) is -1.68. The van der Waals surface area contributed by atoms with Gasteiger partial charge in [0.25, 0.3) is 0 Å². The van der Waals surface area contributed by atoms with Crippen LogP contribution in [0, 0.1) is 22.2 Å². The highest BCUT2D eigenvalue weighted by molar-refractivity contribution is 5.99. The fourth-order valence-electron chi connectivity index (χ4n) is 15.2. The predicted octanol–water partition coefficient (Wildman–Crippen LogP) is 9.28. The molecule has 6 aliphatic rings. The van der Waals surface area contributed by atoms with E-state index < -0.39 is 166 Å². The van der Waals surface area contributed by atoms with Crippen molar-refractivity contribution in [1.82, 2.24) is 81.5 Å². The summed E-state index contributed by atoms with van der Waals surface area (Å²) in [7, 11) is 2.82. The second kappa shape index (κ2) is 39.3. The number of likely N-dealkylation sites (N-methyl/N-ethyl adjacent to an activating group) is 2. The van der Waals surface area contributed by atoms with E-state index in [1.54, 1.807) is 165 Å². The fourth-order valence-corrected chi connectivity index (χ4v) is 15.2. The fraction of sp³-hybridized carbons (Fsp3) is 0.489. The van der Waals surface area contributed by atoms with Gasteiger partial charge in [-0.05, 0) is 155 Å². The summed E-state index contributed by atoms with van der Waals surface area (Å²) in [5, 5.41) is 49.8. The second-order valence-electron chi connectivity index (χ2n) is 38.3. The zero-order valence-electron chi connectivity index (χ0n) is 75.8. The Bertz CT molecular complexity index is 5400. The molecule has 12 atom stereocenters. The Balaban J connectivity index is 0.938. The Labute approximate surface area is 740 Å². The maximum atomic E-state index is 15.7. The Morgan fingerprint density at radius 2 is 0.874 bits per heavy atom. The first-order valence-electron chi connectivity index (χ1n) is 42.8. The number of benzene rings is 6.